The van der Waals surface area contributed by atoms with Crippen molar-refractivity contribution in [2.75, 3.05) is 7.11 Å². The molecule has 1 atom stereocenters. The summed E-state index contributed by atoms with van der Waals surface area (Å²) >= 11 is 3.34. The van der Waals surface area contributed by atoms with Crippen molar-refractivity contribution in [3.63, 3.8) is 0 Å². The molecule has 1 unspecified atom stereocenters. The van der Waals surface area contributed by atoms with E-state index < -0.39 is 0 Å². The number of ether oxygens (including phenoxy) is 1. The predicted molar refractivity (Wildman–Crippen MR) is 79.8 cm³/mol. The minimum absolute atomic E-state index is 0.144. The summed E-state index contributed by atoms with van der Waals surface area (Å²) in [5, 5.41) is 0. The molecule has 0 aliphatic heterocycles. The van der Waals surface area contributed by atoms with Gasteiger partial charge in [-0.05, 0) is 34.3 Å². The van der Waals surface area contributed by atoms with E-state index in [1.807, 2.05) is 30.3 Å². The zero-order chi connectivity index (χ0) is 14.1. The summed E-state index contributed by atoms with van der Waals surface area (Å²) in [5.74, 6) is 0.965. The lowest BCUT2D eigenvalue weighted by Crippen LogP contribution is -2.19. The van der Waals surface area contributed by atoms with Gasteiger partial charge >= 0.3 is 0 Å². The lowest BCUT2D eigenvalue weighted by molar-refractivity contribution is 0.128. The molecule has 5 heteroatoms. The molecule has 1 aliphatic carbocycles. The zero-order valence-electron chi connectivity index (χ0n) is 11.1. The van der Waals surface area contributed by atoms with Gasteiger partial charge in [-0.25, -0.2) is 4.98 Å². The Kier molecular flexibility index (Phi) is 3.72. The minimum Gasteiger partial charge on any atom is -0.369 e. The largest absolute Gasteiger partial charge is 0.369 e. The van der Waals surface area contributed by atoms with Gasteiger partial charge in [0.25, 0.3) is 5.56 Å². The van der Waals surface area contributed by atoms with Crippen LogP contribution in [0.2, 0.25) is 0 Å². The summed E-state index contributed by atoms with van der Waals surface area (Å²) in [7, 11) is 1.62. The molecule has 1 aliphatic rings. The van der Waals surface area contributed by atoms with E-state index in [4.69, 9.17) is 4.74 Å². The first-order valence-electron chi connectivity index (χ1n) is 6.58. The molecule has 0 saturated heterocycles. The second kappa shape index (κ2) is 5.50. The van der Waals surface area contributed by atoms with Gasteiger partial charge in [0.1, 0.15) is 16.4 Å². The van der Waals surface area contributed by atoms with Crippen LogP contribution in [0.3, 0.4) is 0 Å². The summed E-state index contributed by atoms with van der Waals surface area (Å²) in [4.78, 5) is 19.5. The van der Waals surface area contributed by atoms with Gasteiger partial charge in [-0.1, -0.05) is 30.3 Å². The van der Waals surface area contributed by atoms with Crippen LogP contribution in [0.4, 0.5) is 0 Å². The molecule has 4 nitrogen and oxygen atoms in total. The maximum atomic E-state index is 12.0. The molecule has 1 aromatic heterocycles. The van der Waals surface area contributed by atoms with Gasteiger partial charge in [-0.3, -0.25) is 4.79 Å². The fourth-order valence-corrected chi connectivity index (χ4v) is 2.79. The van der Waals surface area contributed by atoms with Gasteiger partial charge < -0.3 is 9.72 Å². The van der Waals surface area contributed by atoms with Crippen LogP contribution < -0.4 is 5.56 Å². The fraction of sp³-hybridized carbons (Fsp3) is 0.333. The molecule has 1 saturated carbocycles. The van der Waals surface area contributed by atoms with Crippen molar-refractivity contribution in [2.45, 2.75) is 24.9 Å². The molecule has 20 heavy (non-hydrogen) atoms. The number of hydrogen-bond acceptors (Lipinski definition) is 3. The average molecular weight is 335 g/mol. The van der Waals surface area contributed by atoms with Gasteiger partial charge in [-0.2, -0.15) is 0 Å². The van der Waals surface area contributed by atoms with Crippen LogP contribution in [0.1, 0.15) is 41.9 Å². The van der Waals surface area contributed by atoms with Crippen LogP contribution in [0.5, 0.6) is 0 Å². The van der Waals surface area contributed by atoms with Crippen LogP contribution in [0.15, 0.2) is 39.6 Å². The van der Waals surface area contributed by atoms with Gasteiger partial charge in [-0.15, -0.1) is 0 Å². The topological polar surface area (TPSA) is 55.0 Å². The normalized spacial score (nSPS) is 16.1. The zero-order valence-corrected chi connectivity index (χ0v) is 12.7. The molecular formula is C15H15BrN2O2. The van der Waals surface area contributed by atoms with Crippen LogP contribution in [-0.2, 0) is 4.74 Å². The molecule has 1 N–H and O–H groups in total. The fourth-order valence-electron chi connectivity index (χ4n) is 2.28. The molecule has 0 spiro atoms. The van der Waals surface area contributed by atoms with Crippen molar-refractivity contribution in [1.82, 2.24) is 9.97 Å². The van der Waals surface area contributed by atoms with Crippen LogP contribution in [0.25, 0.3) is 0 Å². The Labute approximate surface area is 125 Å². The van der Waals surface area contributed by atoms with E-state index in [9.17, 15) is 4.79 Å². The number of halogens is 1. The Balaban J connectivity index is 2.06. The van der Waals surface area contributed by atoms with E-state index >= 15 is 0 Å². The van der Waals surface area contributed by atoms with E-state index in [-0.39, 0.29) is 11.7 Å². The van der Waals surface area contributed by atoms with Gasteiger partial charge in [0.05, 0.1) is 5.69 Å². The Bertz CT molecular complexity index is 665. The molecule has 0 bridgehead atoms. The summed E-state index contributed by atoms with van der Waals surface area (Å²) < 4.78 is 6.07. The highest BCUT2D eigenvalue weighted by Gasteiger charge is 2.30. The molecule has 0 radical (unpaired) electrons. The number of nitrogens with zero attached hydrogens (tertiary/aromatic N) is 1. The first-order chi connectivity index (χ1) is 9.70. The number of hydrogen-bond donors (Lipinski definition) is 1. The Morgan fingerprint density at radius 3 is 2.65 bits per heavy atom. The molecule has 1 aromatic carbocycles. The number of rotatable bonds is 4. The number of aromatic nitrogens is 2. The molecule has 1 fully saturated rings. The number of aromatic amines is 1. The van der Waals surface area contributed by atoms with Gasteiger partial charge in [0.2, 0.25) is 0 Å². The molecule has 3 rings (SSSR count). The van der Waals surface area contributed by atoms with Crippen LogP contribution >= 0.6 is 15.9 Å². The van der Waals surface area contributed by atoms with Crippen LogP contribution in [-0.4, -0.2) is 17.1 Å². The lowest BCUT2D eigenvalue weighted by Gasteiger charge is -2.16. The third-order valence-corrected chi connectivity index (χ3v) is 4.22. The SMILES string of the molecule is COC(c1ccccc1)c1nc(C2CC2)c(Br)c(=O)[nH]1. The summed E-state index contributed by atoms with van der Waals surface area (Å²) in [6.07, 6.45) is 1.84. The highest BCUT2D eigenvalue weighted by molar-refractivity contribution is 9.10. The minimum atomic E-state index is -0.352. The quantitative estimate of drug-likeness (QED) is 0.934. The second-order valence-electron chi connectivity index (χ2n) is 4.95. The third kappa shape index (κ3) is 2.55. The van der Waals surface area contributed by atoms with E-state index in [1.165, 1.54) is 0 Å². The number of H-pyrrole nitrogens is 1. The first kappa shape index (κ1) is 13.5. The van der Waals surface area contributed by atoms with Crippen molar-refractivity contribution in [2.24, 2.45) is 0 Å². The standard InChI is InChI=1S/C15H15BrN2O2/c1-20-13(10-5-3-2-4-6-10)14-17-12(9-7-8-9)11(16)15(19)18-14/h2-6,9,13H,7-8H2,1H3,(H,17,18,19). The molecule has 104 valence electrons. The van der Waals surface area contributed by atoms with E-state index in [0.717, 1.165) is 24.1 Å². The van der Waals surface area contributed by atoms with E-state index in [1.54, 1.807) is 7.11 Å². The monoisotopic (exact) mass is 334 g/mol. The number of methoxy groups -OCH3 is 1. The lowest BCUT2D eigenvalue weighted by atomic mass is 10.1. The Hall–Kier alpha value is -1.46. The average Bonchev–Trinajstić information content (AvgIpc) is 3.29. The first-order valence-corrected chi connectivity index (χ1v) is 7.37. The second-order valence-corrected chi connectivity index (χ2v) is 5.74. The summed E-state index contributed by atoms with van der Waals surface area (Å²) in [6, 6.07) is 9.77. The molecular weight excluding hydrogens is 320 g/mol. The highest BCUT2D eigenvalue weighted by atomic mass is 79.9. The van der Waals surface area contributed by atoms with E-state index in [0.29, 0.717) is 16.2 Å². The maximum Gasteiger partial charge on any atom is 0.265 e. The maximum absolute atomic E-state index is 12.0. The van der Waals surface area contributed by atoms with Gasteiger partial charge in [0, 0.05) is 13.0 Å². The third-order valence-electron chi connectivity index (χ3n) is 3.46. The van der Waals surface area contributed by atoms with Crippen molar-refractivity contribution >= 4 is 15.9 Å². The molecule has 0 amide bonds. The van der Waals surface area contributed by atoms with Crippen molar-refractivity contribution in [3.8, 4) is 0 Å². The van der Waals surface area contributed by atoms with Crippen LogP contribution in [0, 0.1) is 0 Å². The summed E-state index contributed by atoms with van der Waals surface area (Å²) in [5.41, 5.74) is 1.68. The number of nitrogens with one attached hydrogen (secondary N) is 1. The molecule has 2 aromatic rings. The van der Waals surface area contributed by atoms with Crippen molar-refractivity contribution < 1.29 is 4.74 Å². The highest BCUT2D eigenvalue weighted by Crippen LogP contribution is 2.41. The molecule has 1 heterocycles. The Morgan fingerprint density at radius 2 is 2.05 bits per heavy atom. The van der Waals surface area contributed by atoms with E-state index in [2.05, 4.69) is 25.9 Å². The smallest absolute Gasteiger partial charge is 0.265 e. The van der Waals surface area contributed by atoms with Crippen molar-refractivity contribution in [1.29, 1.82) is 0 Å². The summed E-state index contributed by atoms with van der Waals surface area (Å²) in [6.45, 7) is 0. The van der Waals surface area contributed by atoms with Gasteiger partial charge in [0.15, 0.2) is 0 Å². The predicted octanol–water partition coefficient (Wildman–Crippen LogP) is 3.15. The van der Waals surface area contributed by atoms with Crippen molar-refractivity contribution in [3.05, 3.63) is 62.2 Å². The number of benzene rings is 1. The Morgan fingerprint density at radius 1 is 1.35 bits per heavy atom.